The van der Waals surface area contributed by atoms with Gasteiger partial charge in [-0.2, -0.15) is 0 Å². The molecule has 0 heterocycles. The Morgan fingerprint density at radius 3 is 2.83 bits per heavy atom. The van der Waals surface area contributed by atoms with Crippen molar-refractivity contribution >= 4 is 22.2 Å². The second kappa shape index (κ2) is 4.41. The second-order valence-electron chi connectivity index (χ2n) is 2.79. The van der Waals surface area contributed by atoms with Crippen molar-refractivity contribution < 1.29 is 4.79 Å². The average molecular weight is 227 g/mol. The largest absolute Gasteiger partial charge is 0.303 e. The van der Waals surface area contributed by atoms with Gasteiger partial charge in [-0.15, -0.1) is 0 Å². The summed E-state index contributed by atoms with van der Waals surface area (Å²) < 4.78 is 1.12. The Hall–Kier alpha value is -0.630. The van der Waals surface area contributed by atoms with Gasteiger partial charge in [0, 0.05) is 10.9 Å². The van der Waals surface area contributed by atoms with E-state index in [1.54, 1.807) is 0 Å². The first-order valence-electron chi connectivity index (χ1n) is 3.92. The van der Waals surface area contributed by atoms with E-state index in [1.807, 2.05) is 12.1 Å². The third-order valence-corrected chi connectivity index (χ3v) is 2.66. The third kappa shape index (κ3) is 2.45. The van der Waals surface area contributed by atoms with Gasteiger partial charge in [-0.1, -0.05) is 28.1 Å². The summed E-state index contributed by atoms with van der Waals surface area (Å²) in [6.45, 7) is 2.05. The number of rotatable bonds is 3. The highest BCUT2D eigenvalue weighted by Crippen LogP contribution is 2.17. The van der Waals surface area contributed by atoms with Crippen LogP contribution in [-0.2, 0) is 11.2 Å². The van der Waals surface area contributed by atoms with Crippen LogP contribution in [0.25, 0.3) is 0 Å². The number of hydrogen-bond donors (Lipinski definition) is 0. The van der Waals surface area contributed by atoms with Gasteiger partial charge in [0.05, 0.1) is 0 Å². The molecule has 0 saturated carbocycles. The van der Waals surface area contributed by atoms with Crippen molar-refractivity contribution in [2.24, 2.45) is 0 Å². The van der Waals surface area contributed by atoms with E-state index < -0.39 is 0 Å². The van der Waals surface area contributed by atoms with Gasteiger partial charge in [0.15, 0.2) is 0 Å². The van der Waals surface area contributed by atoms with E-state index in [2.05, 4.69) is 28.9 Å². The highest BCUT2D eigenvalue weighted by atomic mass is 79.9. The third-order valence-electron chi connectivity index (χ3n) is 1.77. The lowest BCUT2D eigenvalue weighted by Crippen LogP contribution is -1.87. The zero-order chi connectivity index (χ0) is 8.97. The molecule has 0 aliphatic carbocycles. The Morgan fingerprint density at radius 2 is 2.25 bits per heavy atom. The van der Waals surface area contributed by atoms with Crippen LogP contribution in [0.4, 0.5) is 0 Å². The lowest BCUT2D eigenvalue weighted by Gasteiger charge is -2.01. The number of benzene rings is 1. The van der Waals surface area contributed by atoms with Crippen molar-refractivity contribution in [3.8, 4) is 0 Å². The summed E-state index contributed by atoms with van der Waals surface area (Å²) in [6.07, 6.45) is 2.41. The molecular weight excluding hydrogens is 216 g/mol. The molecule has 1 aromatic rings. The fraction of sp³-hybridized carbons (Fsp3) is 0.300. The van der Waals surface area contributed by atoms with Crippen LogP contribution in [-0.4, -0.2) is 6.29 Å². The molecule has 0 amide bonds. The topological polar surface area (TPSA) is 17.1 Å². The lowest BCUT2D eigenvalue weighted by molar-refractivity contribution is -0.107. The van der Waals surface area contributed by atoms with Crippen molar-refractivity contribution in [2.45, 2.75) is 19.8 Å². The number of hydrogen-bond acceptors (Lipinski definition) is 1. The molecule has 2 heteroatoms. The molecule has 0 bridgehead atoms. The van der Waals surface area contributed by atoms with Gasteiger partial charge in [0.1, 0.15) is 6.29 Å². The van der Waals surface area contributed by atoms with E-state index in [0.29, 0.717) is 6.42 Å². The van der Waals surface area contributed by atoms with E-state index in [0.717, 1.165) is 17.2 Å². The van der Waals surface area contributed by atoms with Gasteiger partial charge in [0.2, 0.25) is 0 Å². The fourth-order valence-corrected chi connectivity index (χ4v) is 1.33. The van der Waals surface area contributed by atoms with Crippen LogP contribution in [0.5, 0.6) is 0 Å². The zero-order valence-corrected chi connectivity index (χ0v) is 8.60. The summed E-state index contributed by atoms with van der Waals surface area (Å²) in [5, 5.41) is 0. The standard InChI is InChI=1S/C10H11BrO/c1-8-7-9(3-2-6-12)4-5-10(8)11/h4-7H,2-3H2,1H3. The van der Waals surface area contributed by atoms with E-state index in [-0.39, 0.29) is 0 Å². The van der Waals surface area contributed by atoms with Gasteiger partial charge in [0.25, 0.3) is 0 Å². The Bertz CT molecular complexity index is 281. The molecule has 0 atom stereocenters. The lowest BCUT2D eigenvalue weighted by atomic mass is 10.1. The monoisotopic (exact) mass is 226 g/mol. The molecule has 0 spiro atoms. The van der Waals surface area contributed by atoms with Gasteiger partial charge in [-0.25, -0.2) is 0 Å². The molecule has 0 aromatic heterocycles. The number of aldehydes is 1. The van der Waals surface area contributed by atoms with Crippen LogP contribution in [0, 0.1) is 6.92 Å². The second-order valence-corrected chi connectivity index (χ2v) is 3.64. The molecule has 0 N–H and O–H groups in total. The molecule has 1 rings (SSSR count). The fourth-order valence-electron chi connectivity index (χ4n) is 1.09. The number of carbonyl (C=O) groups excluding carboxylic acids is 1. The quantitative estimate of drug-likeness (QED) is 0.725. The smallest absolute Gasteiger partial charge is 0.120 e. The van der Waals surface area contributed by atoms with Crippen LogP contribution in [0.2, 0.25) is 0 Å². The van der Waals surface area contributed by atoms with E-state index in [9.17, 15) is 4.79 Å². The minimum Gasteiger partial charge on any atom is -0.303 e. The van der Waals surface area contributed by atoms with Gasteiger partial charge >= 0.3 is 0 Å². The maximum atomic E-state index is 10.1. The Kier molecular flexibility index (Phi) is 3.48. The first-order chi connectivity index (χ1) is 5.74. The summed E-state index contributed by atoms with van der Waals surface area (Å²) in [4.78, 5) is 10.1. The number of carbonyl (C=O) groups is 1. The first kappa shape index (κ1) is 9.46. The normalized spacial score (nSPS) is 9.83. The van der Waals surface area contributed by atoms with Crippen molar-refractivity contribution in [2.75, 3.05) is 0 Å². The van der Waals surface area contributed by atoms with Crippen molar-refractivity contribution in [1.29, 1.82) is 0 Å². The van der Waals surface area contributed by atoms with Crippen LogP contribution in [0.3, 0.4) is 0 Å². The van der Waals surface area contributed by atoms with Gasteiger partial charge in [-0.05, 0) is 30.5 Å². The average Bonchev–Trinajstić information content (AvgIpc) is 2.07. The molecule has 64 valence electrons. The minimum absolute atomic E-state index is 0.612. The van der Waals surface area contributed by atoms with Crippen molar-refractivity contribution in [3.05, 3.63) is 33.8 Å². The molecule has 1 nitrogen and oxygen atoms in total. The molecular formula is C10H11BrO. The van der Waals surface area contributed by atoms with Gasteiger partial charge < -0.3 is 4.79 Å². The molecule has 12 heavy (non-hydrogen) atoms. The van der Waals surface area contributed by atoms with Crippen molar-refractivity contribution in [1.82, 2.24) is 0 Å². The molecule has 0 fully saturated rings. The van der Waals surface area contributed by atoms with Crippen LogP contribution < -0.4 is 0 Å². The van der Waals surface area contributed by atoms with Crippen molar-refractivity contribution in [3.63, 3.8) is 0 Å². The Labute approximate surface area is 80.9 Å². The molecule has 0 unspecified atom stereocenters. The number of aryl methyl sites for hydroxylation is 2. The molecule has 0 saturated heterocycles. The molecule has 1 aromatic carbocycles. The van der Waals surface area contributed by atoms with E-state index >= 15 is 0 Å². The summed E-state index contributed by atoms with van der Waals surface area (Å²) >= 11 is 3.43. The summed E-state index contributed by atoms with van der Waals surface area (Å²) in [6, 6.07) is 6.17. The highest BCUT2D eigenvalue weighted by Gasteiger charge is 1.96. The summed E-state index contributed by atoms with van der Waals surface area (Å²) in [5.74, 6) is 0. The highest BCUT2D eigenvalue weighted by molar-refractivity contribution is 9.10. The van der Waals surface area contributed by atoms with Crippen LogP contribution >= 0.6 is 15.9 Å². The van der Waals surface area contributed by atoms with Gasteiger partial charge in [-0.3, -0.25) is 0 Å². The maximum absolute atomic E-state index is 10.1. The Morgan fingerprint density at radius 1 is 1.50 bits per heavy atom. The predicted octanol–water partition coefficient (Wildman–Crippen LogP) is 2.89. The maximum Gasteiger partial charge on any atom is 0.120 e. The van der Waals surface area contributed by atoms with E-state index in [1.165, 1.54) is 11.1 Å². The van der Waals surface area contributed by atoms with Crippen LogP contribution in [0.1, 0.15) is 17.5 Å². The molecule has 0 aliphatic rings. The first-order valence-corrected chi connectivity index (χ1v) is 4.72. The Balaban J connectivity index is 2.75. The van der Waals surface area contributed by atoms with E-state index in [4.69, 9.17) is 0 Å². The summed E-state index contributed by atoms with van der Waals surface area (Å²) in [5.41, 5.74) is 2.45. The number of halogens is 1. The zero-order valence-electron chi connectivity index (χ0n) is 7.01. The van der Waals surface area contributed by atoms with Crippen LogP contribution in [0.15, 0.2) is 22.7 Å². The SMILES string of the molecule is Cc1cc(CCC=O)ccc1Br. The minimum atomic E-state index is 0.612. The molecule has 0 aliphatic heterocycles. The predicted molar refractivity (Wildman–Crippen MR) is 53.3 cm³/mol. The molecule has 0 radical (unpaired) electrons. The summed E-state index contributed by atoms with van der Waals surface area (Å²) in [7, 11) is 0.